The smallest absolute Gasteiger partial charge is 0.181 e. The predicted molar refractivity (Wildman–Crippen MR) is 218 cm³/mol. The van der Waals surface area contributed by atoms with Crippen LogP contribution >= 0.6 is 0 Å². The van der Waals surface area contributed by atoms with Crippen LogP contribution in [-0.2, 0) is 0 Å². The minimum atomic E-state index is -3.35. The van der Waals surface area contributed by atoms with E-state index in [1.165, 1.54) is 0 Å². The van der Waals surface area contributed by atoms with E-state index in [0.717, 1.165) is 86.9 Å². The van der Waals surface area contributed by atoms with Crippen molar-refractivity contribution in [3.63, 3.8) is 0 Å². The Bertz CT molecular complexity index is 2800. The molecular formula is C48H30F2N2Si. The Morgan fingerprint density at radius 1 is 0.340 bits per heavy atom. The summed E-state index contributed by atoms with van der Waals surface area (Å²) in [6.07, 6.45) is 0. The Morgan fingerprint density at radius 3 is 1.04 bits per heavy atom. The lowest BCUT2D eigenvalue weighted by Gasteiger charge is -2.32. The molecule has 0 saturated heterocycles. The maximum Gasteiger partial charge on any atom is 0.181 e. The van der Waals surface area contributed by atoms with E-state index in [0.29, 0.717) is 0 Å². The molecule has 0 aliphatic carbocycles. The molecule has 2 aromatic heterocycles. The average Bonchev–Trinajstić information content (AvgIpc) is 3.82. The van der Waals surface area contributed by atoms with Crippen molar-refractivity contribution >= 4 is 72.4 Å². The number of para-hydroxylation sites is 4. The zero-order chi connectivity index (χ0) is 35.3. The summed E-state index contributed by atoms with van der Waals surface area (Å²) in [5, 5.41) is 8.42. The molecule has 2 nitrogen and oxygen atoms in total. The zero-order valence-electron chi connectivity index (χ0n) is 28.5. The van der Waals surface area contributed by atoms with Crippen LogP contribution in [0.5, 0.6) is 0 Å². The fourth-order valence-corrected chi connectivity index (χ4v) is 14.5. The van der Waals surface area contributed by atoms with E-state index in [1.54, 1.807) is 24.3 Å². The fraction of sp³-hybridized carbons (Fsp3) is 0. The van der Waals surface area contributed by atoms with Crippen LogP contribution in [0.2, 0.25) is 0 Å². The van der Waals surface area contributed by atoms with Gasteiger partial charge in [-0.25, -0.2) is 8.78 Å². The molecule has 0 amide bonds. The molecule has 3 heterocycles. The van der Waals surface area contributed by atoms with E-state index in [4.69, 9.17) is 0 Å². The van der Waals surface area contributed by atoms with Crippen molar-refractivity contribution in [3.05, 3.63) is 194 Å². The second-order valence-electron chi connectivity index (χ2n) is 14.0. The Labute approximate surface area is 305 Å². The van der Waals surface area contributed by atoms with E-state index in [2.05, 4.69) is 118 Å². The van der Waals surface area contributed by atoms with Gasteiger partial charge < -0.3 is 9.13 Å². The van der Waals surface area contributed by atoms with E-state index in [-0.39, 0.29) is 11.6 Å². The minimum absolute atomic E-state index is 0.327. The van der Waals surface area contributed by atoms with Crippen LogP contribution < -0.4 is 20.7 Å². The number of aromatic nitrogens is 2. The third kappa shape index (κ3) is 4.17. The van der Waals surface area contributed by atoms with Gasteiger partial charge in [0.15, 0.2) is 8.07 Å². The standard InChI is InChI=1S/C48H30F2N2Si/c49-31-25-33(51-43-19-7-1-13-37(43)38-14-2-8-20-44(38)51)29-35(27-31)53(47-23-11-5-17-41(47)42-18-6-12-24-48(42)53)36-28-32(50)26-34(30-36)52-45-21-9-3-15-39(45)40-16-4-10-22-46(40)52/h1-30H. The number of fused-ring (bicyclic) bond motifs is 9. The van der Waals surface area contributed by atoms with Crippen molar-refractivity contribution in [3.8, 4) is 22.5 Å². The Hall–Kier alpha value is -6.56. The maximum atomic E-state index is 16.6. The average molecular weight is 701 g/mol. The van der Waals surface area contributed by atoms with Gasteiger partial charge in [-0.05, 0) is 92.5 Å². The maximum absolute atomic E-state index is 16.6. The second-order valence-corrected chi connectivity index (χ2v) is 17.7. The molecule has 0 saturated carbocycles. The molecule has 0 atom stereocenters. The van der Waals surface area contributed by atoms with E-state index in [1.807, 2.05) is 48.5 Å². The van der Waals surface area contributed by atoms with Gasteiger partial charge in [0.1, 0.15) is 11.6 Å². The van der Waals surface area contributed by atoms with Crippen LogP contribution in [0.25, 0.3) is 66.1 Å². The molecule has 11 rings (SSSR count). The summed E-state index contributed by atoms with van der Waals surface area (Å²) in [4.78, 5) is 0. The van der Waals surface area contributed by atoms with Crippen LogP contribution in [0.3, 0.4) is 0 Å². The van der Waals surface area contributed by atoms with Gasteiger partial charge in [0.25, 0.3) is 0 Å². The summed E-state index contributed by atoms with van der Waals surface area (Å²) in [7, 11) is -3.35. The number of halogens is 2. The van der Waals surface area contributed by atoms with Gasteiger partial charge in [-0.3, -0.25) is 0 Å². The number of hydrogen-bond donors (Lipinski definition) is 0. The third-order valence-electron chi connectivity index (χ3n) is 11.3. The van der Waals surface area contributed by atoms with Gasteiger partial charge >= 0.3 is 0 Å². The van der Waals surface area contributed by atoms with Crippen molar-refractivity contribution < 1.29 is 8.78 Å². The molecule has 1 aliphatic heterocycles. The normalized spacial score (nSPS) is 13.2. The van der Waals surface area contributed by atoms with Gasteiger partial charge in [-0.2, -0.15) is 0 Å². The van der Waals surface area contributed by atoms with Crippen molar-refractivity contribution in [1.82, 2.24) is 9.13 Å². The molecule has 0 radical (unpaired) electrons. The SMILES string of the molecule is Fc1cc(-n2c3ccccc3c3ccccc32)cc([Si]2(c3cc(F)cc(-n4c5ccccc5c5ccccc54)c3)c3ccccc3-c3ccccc32)c1. The van der Waals surface area contributed by atoms with Crippen molar-refractivity contribution in [2.75, 3.05) is 0 Å². The van der Waals surface area contributed by atoms with Crippen LogP contribution in [0, 0.1) is 11.6 Å². The molecular weight excluding hydrogens is 671 g/mol. The minimum Gasteiger partial charge on any atom is -0.309 e. The van der Waals surface area contributed by atoms with Gasteiger partial charge in [-0.1, -0.05) is 121 Å². The topological polar surface area (TPSA) is 9.86 Å². The van der Waals surface area contributed by atoms with Gasteiger partial charge in [0.2, 0.25) is 0 Å². The van der Waals surface area contributed by atoms with Crippen molar-refractivity contribution in [1.29, 1.82) is 0 Å². The summed E-state index contributed by atoms with van der Waals surface area (Å²) < 4.78 is 37.5. The third-order valence-corrected chi connectivity index (χ3v) is 16.1. The first kappa shape index (κ1) is 30.1. The van der Waals surface area contributed by atoms with Crippen LogP contribution in [0.15, 0.2) is 182 Å². The lowest BCUT2D eigenvalue weighted by atomic mass is 10.1. The second kappa shape index (κ2) is 11.2. The molecule has 0 N–H and O–H groups in total. The summed E-state index contributed by atoms with van der Waals surface area (Å²) in [6, 6.07) is 61.1. The number of nitrogens with zero attached hydrogens (tertiary/aromatic N) is 2. The zero-order valence-corrected chi connectivity index (χ0v) is 29.5. The summed E-state index contributed by atoms with van der Waals surface area (Å²) in [6.45, 7) is 0. The molecule has 1 aliphatic rings. The number of rotatable bonds is 4. The highest BCUT2D eigenvalue weighted by atomic mass is 28.3. The van der Waals surface area contributed by atoms with Crippen molar-refractivity contribution in [2.24, 2.45) is 0 Å². The quantitative estimate of drug-likeness (QED) is 0.162. The van der Waals surface area contributed by atoms with Crippen LogP contribution in [0.4, 0.5) is 8.78 Å². The largest absolute Gasteiger partial charge is 0.309 e. The molecule has 0 fully saturated rings. The van der Waals surface area contributed by atoms with Gasteiger partial charge in [0.05, 0.1) is 22.1 Å². The highest BCUT2D eigenvalue weighted by Crippen LogP contribution is 2.35. The molecule has 53 heavy (non-hydrogen) atoms. The van der Waals surface area contributed by atoms with Crippen molar-refractivity contribution in [2.45, 2.75) is 0 Å². The molecule has 0 spiro atoms. The van der Waals surface area contributed by atoms with E-state index < -0.39 is 8.07 Å². The van der Waals surface area contributed by atoms with Gasteiger partial charge in [0, 0.05) is 32.9 Å². The van der Waals surface area contributed by atoms with E-state index in [9.17, 15) is 0 Å². The summed E-state index contributed by atoms with van der Waals surface area (Å²) in [5.74, 6) is -0.653. The predicted octanol–water partition coefficient (Wildman–Crippen LogP) is 9.52. The molecule has 0 unspecified atom stereocenters. The molecule has 0 bridgehead atoms. The number of hydrogen-bond acceptors (Lipinski definition) is 0. The monoisotopic (exact) mass is 700 g/mol. The van der Waals surface area contributed by atoms with E-state index >= 15 is 8.78 Å². The fourth-order valence-electron chi connectivity index (χ4n) is 9.26. The summed E-state index contributed by atoms with van der Waals surface area (Å²) in [5.41, 5.74) is 7.73. The Morgan fingerprint density at radius 2 is 0.660 bits per heavy atom. The first-order valence-electron chi connectivity index (χ1n) is 17.9. The lowest BCUT2D eigenvalue weighted by molar-refractivity contribution is 0.628. The molecule has 10 aromatic rings. The first-order chi connectivity index (χ1) is 26.1. The Balaban J connectivity index is 1.26. The van der Waals surface area contributed by atoms with Gasteiger partial charge in [-0.15, -0.1) is 0 Å². The first-order valence-corrected chi connectivity index (χ1v) is 19.9. The highest BCUT2D eigenvalue weighted by Gasteiger charge is 2.49. The van der Waals surface area contributed by atoms with Crippen LogP contribution in [0.1, 0.15) is 0 Å². The van der Waals surface area contributed by atoms with Crippen LogP contribution in [-0.4, -0.2) is 17.2 Å². The molecule has 5 heteroatoms. The molecule has 8 aromatic carbocycles. The molecule has 250 valence electrons. The summed E-state index contributed by atoms with van der Waals surface area (Å²) >= 11 is 0. The Kier molecular flexibility index (Phi) is 6.37. The lowest BCUT2D eigenvalue weighted by Crippen LogP contribution is -2.73. The highest BCUT2D eigenvalue weighted by molar-refractivity contribution is 7.22. The number of benzene rings is 8.